The van der Waals surface area contributed by atoms with Gasteiger partial charge in [-0.2, -0.15) is 0 Å². The summed E-state index contributed by atoms with van der Waals surface area (Å²) in [5.41, 5.74) is 6.44. The Balaban J connectivity index is 0.000000270. The molecule has 21 heavy (non-hydrogen) atoms. The second-order valence-corrected chi connectivity index (χ2v) is 5.94. The van der Waals surface area contributed by atoms with Crippen molar-refractivity contribution < 1.29 is 9.53 Å². The number of aromatic nitrogens is 1. The summed E-state index contributed by atoms with van der Waals surface area (Å²) in [5.74, 6) is 0.592. The zero-order valence-corrected chi connectivity index (χ0v) is 13.1. The van der Waals surface area contributed by atoms with Gasteiger partial charge in [-0.3, -0.25) is 9.69 Å². The van der Waals surface area contributed by atoms with E-state index in [4.69, 9.17) is 5.73 Å². The summed E-state index contributed by atoms with van der Waals surface area (Å²) in [4.78, 5) is 16.1. The Morgan fingerprint density at radius 1 is 1.38 bits per heavy atom. The van der Waals surface area contributed by atoms with Crippen LogP contribution in [0.3, 0.4) is 0 Å². The fourth-order valence-electron chi connectivity index (χ4n) is 1.80. The number of hydrogen-bond donors (Lipinski definition) is 2. The molecule has 1 aliphatic rings. The zero-order valence-electron chi connectivity index (χ0n) is 13.1. The van der Waals surface area contributed by atoms with Gasteiger partial charge < -0.3 is 15.8 Å². The van der Waals surface area contributed by atoms with E-state index in [1.807, 2.05) is 39.1 Å². The number of nitrogens with zero attached hydrogens (tertiary/aromatic N) is 2. The van der Waals surface area contributed by atoms with Crippen molar-refractivity contribution in [3.63, 3.8) is 0 Å². The van der Waals surface area contributed by atoms with Gasteiger partial charge in [0.2, 0.25) is 0 Å². The predicted octanol–water partition coefficient (Wildman–Crippen LogP) is 1.03. The molecular weight excluding hydrogens is 268 g/mol. The molecule has 2 rings (SSSR count). The number of carbonyl (C=O) groups excluding carboxylic acids is 1. The predicted molar refractivity (Wildman–Crippen MR) is 83.7 cm³/mol. The average Bonchev–Trinajstić information content (AvgIpc) is 2.42. The van der Waals surface area contributed by atoms with Crippen LogP contribution in [0.25, 0.3) is 0 Å². The minimum absolute atomic E-state index is 0.318. The van der Waals surface area contributed by atoms with Gasteiger partial charge in [-0.25, -0.2) is 4.98 Å². The zero-order chi connectivity index (χ0) is 15.7. The Labute approximate surface area is 126 Å². The lowest BCUT2D eigenvalue weighted by molar-refractivity contribution is -0.138. The van der Waals surface area contributed by atoms with E-state index in [9.17, 15) is 4.79 Å². The first-order valence-electron chi connectivity index (χ1n) is 7.15. The lowest BCUT2D eigenvalue weighted by Gasteiger charge is -2.26. The quantitative estimate of drug-likeness (QED) is 0.810. The number of rotatable bonds is 3. The number of nitrogens with one attached hydrogen (secondary N) is 1. The Bertz CT molecular complexity index is 409. The number of piperazine rings is 1. The first-order chi connectivity index (χ1) is 9.90. The van der Waals surface area contributed by atoms with Crippen LogP contribution in [-0.4, -0.2) is 48.1 Å². The van der Waals surface area contributed by atoms with Crippen molar-refractivity contribution in [3.8, 4) is 0 Å². The van der Waals surface area contributed by atoms with Gasteiger partial charge in [-0.05, 0) is 32.4 Å². The largest absolute Gasteiger partial charge is 0.462 e. The summed E-state index contributed by atoms with van der Waals surface area (Å²) in [7, 11) is 0. The van der Waals surface area contributed by atoms with Crippen molar-refractivity contribution in [3.05, 3.63) is 23.9 Å². The number of nitrogens with two attached hydrogens (primary N) is 1. The third-order valence-electron chi connectivity index (χ3n) is 2.87. The Morgan fingerprint density at radius 2 is 2.05 bits per heavy atom. The maximum absolute atomic E-state index is 9.60. The number of pyridine rings is 1. The lowest BCUT2D eigenvalue weighted by Crippen LogP contribution is -2.42. The van der Waals surface area contributed by atoms with Crippen LogP contribution in [0.5, 0.6) is 0 Å². The number of anilines is 1. The van der Waals surface area contributed by atoms with Gasteiger partial charge in [0.25, 0.3) is 6.47 Å². The second-order valence-electron chi connectivity index (χ2n) is 5.94. The van der Waals surface area contributed by atoms with Crippen LogP contribution in [0.1, 0.15) is 26.3 Å². The van der Waals surface area contributed by atoms with E-state index in [-0.39, 0.29) is 5.60 Å². The van der Waals surface area contributed by atoms with Crippen LogP contribution in [0.4, 0.5) is 5.82 Å². The first kappa shape index (κ1) is 17.4. The third kappa shape index (κ3) is 8.27. The Kier molecular flexibility index (Phi) is 7.11. The van der Waals surface area contributed by atoms with Crippen molar-refractivity contribution >= 4 is 12.3 Å². The van der Waals surface area contributed by atoms with Gasteiger partial charge in [0, 0.05) is 38.9 Å². The van der Waals surface area contributed by atoms with Crippen molar-refractivity contribution in [2.75, 3.05) is 31.9 Å². The molecular formula is C15H26N4O2. The summed E-state index contributed by atoms with van der Waals surface area (Å²) in [6.07, 6.45) is 1.86. The monoisotopic (exact) mass is 294 g/mol. The van der Waals surface area contributed by atoms with Gasteiger partial charge in [-0.15, -0.1) is 0 Å². The van der Waals surface area contributed by atoms with Crippen LogP contribution in [0.15, 0.2) is 18.3 Å². The minimum atomic E-state index is -0.318. The number of hydrogen-bond acceptors (Lipinski definition) is 6. The number of ether oxygens (including phenoxy) is 1. The van der Waals surface area contributed by atoms with E-state index in [1.54, 1.807) is 0 Å². The van der Waals surface area contributed by atoms with Crippen molar-refractivity contribution in [2.24, 2.45) is 0 Å². The molecule has 1 saturated heterocycles. The smallest absolute Gasteiger partial charge is 0.293 e. The van der Waals surface area contributed by atoms with E-state index >= 15 is 0 Å². The first-order valence-corrected chi connectivity index (χ1v) is 7.15. The molecule has 6 nitrogen and oxygen atoms in total. The van der Waals surface area contributed by atoms with Gasteiger partial charge in [0.15, 0.2) is 0 Å². The molecule has 0 radical (unpaired) electrons. The molecule has 2 heterocycles. The molecule has 0 unspecified atom stereocenters. The lowest BCUT2D eigenvalue weighted by atomic mass is 10.2. The molecule has 118 valence electrons. The highest BCUT2D eigenvalue weighted by atomic mass is 16.5. The summed E-state index contributed by atoms with van der Waals surface area (Å²) in [6.45, 7) is 11.3. The Hall–Kier alpha value is -1.66. The van der Waals surface area contributed by atoms with Crippen molar-refractivity contribution in [2.45, 2.75) is 32.9 Å². The molecule has 0 aliphatic carbocycles. The van der Waals surface area contributed by atoms with E-state index in [1.165, 1.54) is 5.56 Å². The minimum Gasteiger partial charge on any atom is -0.462 e. The highest BCUT2D eigenvalue weighted by molar-refractivity contribution is 5.37. The van der Waals surface area contributed by atoms with E-state index < -0.39 is 0 Å². The summed E-state index contributed by atoms with van der Waals surface area (Å²) in [6, 6.07) is 3.90. The van der Waals surface area contributed by atoms with E-state index in [2.05, 4.69) is 19.9 Å². The molecule has 1 aromatic heterocycles. The van der Waals surface area contributed by atoms with Crippen molar-refractivity contribution in [1.82, 2.24) is 15.2 Å². The average molecular weight is 294 g/mol. The van der Waals surface area contributed by atoms with Gasteiger partial charge in [-0.1, -0.05) is 6.07 Å². The maximum atomic E-state index is 9.60. The van der Waals surface area contributed by atoms with Crippen LogP contribution in [0, 0.1) is 0 Å². The van der Waals surface area contributed by atoms with Crippen molar-refractivity contribution in [1.29, 1.82) is 0 Å². The molecule has 3 N–H and O–H groups in total. The molecule has 1 aliphatic heterocycles. The van der Waals surface area contributed by atoms with Crippen LogP contribution < -0.4 is 11.1 Å². The van der Waals surface area contributed by atoms with E-state index in [0.29, 0.717) is 12.3 Å². The molecule has 1 aromatic rings. The normalized spacial score (nSPS) is 15.8. The van der Waals surface area contributed by atoms with Gasteiger partial charge in [0.1, 0.15) is 11.4 Å². The van der Waals surface area contributed by atoms with Gasteiger partial charge >= 0.3 is 0 Å². The SMILES string of the molecule is CC(C)(C)OC=O.Nc1ccc(CN2CCNCC2)cn1. The molecule has 0 bridgehead atoms. The van der Waals surface area contributed by atoms with Crippen LogP contribution in [-0.2, 0) is 16.1 Å². The molecule has 0 amide bonds. The maximum Gasteiger partial charge on any atom is 0.293 e. The summed E-state index contributed by atoms with van der Waals surface area (Å²) < 4.78 is 4.55. The van der Waals surface area contributed by atoms with Gasteiger partial charge in [0.05, 0.1) is 0 Å². The molecule has 0 aromatic carbocycles. The second kappa shape index (κ2) is 8.59. The highest BCUT2D eigenvalue weighted by Crippen LogP contribution is 2.06. The third-order valence-corrected chi connectivity index (χ3v) is 2.87. The molecule has 1 fully saturated rings. The molecule has 0 atom stereocenters. The fraction of sp³-hybridized carbons (Fsp3) is 0.600. The topological polar surface area (TPSA) is 80.5 Å². The molecule has 0 saturated carbocycles. The molecule has 6 heteroatoms. The summed E-state index contributed by atoms with van der Waals surface area (Å²) >= 11 is 0. The highest BCUT2D eigenvalue weighted by Gasteiger charge is 2.09. The van der Waals surface area contributed by atoms with Crippen LogP contribution in [0.2, 0.25) is 0 Å². The Morgan fingerprint density at radius 3 is 2.48 bits per heavy atom. The number of carbonyl (C=O) groups is 1. The van der Waals surface area contributed by atoms with Crippen LogP contribution >= 0.6 is 0 Å². The fourth-order valence-corrected chi connectivity index (χ4v) is 1.80. The molecule has 0 spiro atoms. The van der Waals surface area contributed by atoms with E-state index in [0.717, 1.165) is 32.7 Å². The standard InChI is InChI=1S/C10H16N4.C5H10O2/c11-10-2-1-9(7-13-10)8-14-5-3-12-4-6-14;1-5(2,3)7-4-6/h1-2,7,12H,3-6,8H2,(H2,11,13);4H,1-3H3. The summed E-state index contributed by atoms with van der Waals surface area (Å²) in [5, 5.41) is 3.33. The number of nitrogen functional groups attached to an aromatic ring is 1.